The molecule has 0 N–H and O–H groups in total. The second-order valence-corrected chi connectivity index (χ2v) is 3.81. The molecule has 0 saturated carbocycles. The fourth-order valence-electron chi connectivity index (χ4n) is 1.18. The van der Waals surface area contributed by atoms with Crippen molar-refractivity contribution in [3.63, 3.8) is 0 Å². The minimum absolute atomic E-state index is 0.00319. The van der Waals surface area contributed by atoms with E-state index in [-0.39, 0.29) is 11.3 Å². The van der Waals surface area contributed by atoms with Crippen molar-refractivity contribution in [1.29, 1.82) is 0 Å². The molecule has 1 aliphatic heterocycles. The summed E-state index contributed by atoms with van der Waals surface area (Å²) in [4.78, 5) is 0. The van der Waals surface area contributed by atoms with Crippen LogP contribution in [0.5, 0.6) is 0 Å². The van der Waals surface area contributed by atoms with Gasteiger partial charge in [-0.05, 0) is 12.8 Å². The smallest absolute Gasteiger partial charge is 0.106 e. The van der Waals surface area contributed by atoms with Crippen molar-refractivity contribution in [3.05, 3.63) is 0 Å². The Morgan fingerprint density at radius 1 is 1.55 bits per heavy atom. The van der Waals surface area contributed by atoms with Crippen LogP contribution in [0.1, 0.15) is 19.8 Å². The van der Waals surface area contributed by atoms with Gasteiger partial charge >= 0.3 is 0 Å². The van der Waals surface area contributed by atoms with Gasteiger partial charge in [-0.1, -0.05) is 6.92 Å². The van der Waals surface area contributed by atoms with Gasteiger partial charge in [0.2, 0.25) is 0 Å². The molecule has 1 unspecified atom stereocenters. The molecule has 0 aromatic carbocycles. The first-order valence-corrected chi connectivity index (χ1v) is 4.49. The Morgan fingerprint density at radius 2 is 2.27 bits per heavy atom. The van der Waals surface area contributed by atoms with Gasteiger partial charge in [0.15, 0.2) is 0 Å². The lowest BCUT2D eigenvalue weighted by Crippen LogP contribution is -2.26. The van der Waals surface area contributed by atoms with E-state index >= 15 is 0 Å². The van der Waals surface area contributed by atoms with Crippen molar-refractivity contribution in [1.82, 2.24) is 0 Å². The average Bonchev–Trinajstić information content (AvgIpc) is 1.95. The summed E-state index contributed by atoms with van der Waals surface area (Å²) in [6.45, 7) is 3.07. The summed E-state index contributed by atoms with van der Waals surface area (Å²) in [5, 5.41) is -0.0484. The molecular formula is C8H14ClFO. The van der Waals surface area contributed by atoms with Gasteiger partial charge in [-0.2, -0.15) is 0 Å². The molecule has 1 fully saturated rings. The van der Waals surface area contributed by atoms with Crippen molar-refractivity contribution >= 4 is 11.6 Å². The van der Waals surface area contributed by atoms with Gasteiger partial charge in [0.25, 0.3) is 0 Å². The van der Waals surface area contributed by atoms with E-state index in [2.05, 4.69) is 0 Å². The van der Waals surface area contributed by atoms with Crippen LogP contribution in [-0.2, 0) is 4.74 Å². The molecule has 0 radical (unpaired) electrons. The molecule has 0 aromatic rings. The van der Waals surface area contributed by atoms with E-state index in [1.807, 2.05) is 6.92 Å². The lowest BCUT2D eigenvalue weighted by Gasteiger charge is -2.22. The Morgan fingerprint density at radius 3 is 3.00 bits per heavy atom. The summed E-state index contributed by atoms with van der Waals surface area (Å²) in [6, 6.07) is 0. The summed E-state index contributed by atoms with van der Waals surface area (Å²) in [6.07, 6.45) is 0.457. The summed E-state index contributed by atoms with van der Waals surface area (Å²) >= 11 is 5.83. The molecule has 0 bridgehead atoms. The van der Waals surface area contributed by atoms with Crippen LogP contribution in [0.4, 0.5) is 4.39 Å². The normalized spacial score (nSPS) is 41.2. The SMILES string of the molecule is C[C@H]1COCC[C@@H](Cl)CC1F. The molecule has 3 heteroatoms. The minimum Gasteiger partial charge on any atom is -0.381 e. The largest absolute Gasteiger partial charge is 0.381 e. The molecule has 1 rings (SSSR count). The highest BCUT2D eigenvalue weighted by Crippen LogP contribution is 2.21. The molecule has 3 atom stereocenters. The van der Waals surface area contributed by atoms with Gasteiger partial charge in [-0.25, -0.2) is 4.39 Å². The zero-order valence-corrected chi connectivity index (χ0v) is 7.48. The van der Waals surface area contributed by atoms with Crippen LogP contribution in [0.3, 0.4) is 0 Å². The van der Waals surface area contributed by atoms with Crippen LogP contribution >= 0.6 is 11.6 Å². The Labute approximate surface area is 71.9 Å². The Kier molecular flexibility index (Phi) is 3.60. The first-order chi connectivity index (χ1) is 5.20. The van der Waals surface area contributed by atoms with Gasteiger partial charge in [-0.3, -0.25) is 0 Å². The average molecular weight is 181 g/mol. The van der Waals surface area contributed by atoms with Gasteiger partial charge < -0.3 is 4.74 Å². The molecule has 0 spiro atoms. The van der Waals surface area contributed by atoms with E-state index in [1.165, 1.54) is 0 Å². The standard InChI is InChI=1S/C8H14ClFO/c1-6-5-11-3-2-7(9)4-8(6)10/h6-8H,2-5H2,1H3/t6-,7+,8?/m0/s1. The maximum atomic E-state index is 13.1. The van der Waals surface area contributed by atoms with E-state index in [0.717, 1.165) is 6.42 Å². The summed E-state index contributed by atoms with van der Waals surface area (Å²) in [5.74, 6) is -0.00319. The van der Waals surface area contributed by atoms with Crippen LogP contribution in [0, 0.1) is 5.92 Å². The van der Waals surface area contributed by atoms with Crippen LogP contribution < -0.4 is 0 Å². The van der Waals surface area contributed by atoms with Crippen molar-refractivity contribution in [2.24, 2.45) is 5.92 Å². The molecular weight excluding hydrogens is 167 g/mol. The van der Waals surface area contributed by atoms with E-state index in [0.29, 0.717) is 19.6 Å². The third kappa shape index (κ3) is 2.96. The molecule has 11 heavy (non-hydrogen) atoms. The zero-order valence-electron chi connectivity index (χ0n) is 6.72. The number of rotatable bonds is 0. The second kappa shape index (κ2) is 4.27. The quantitative estimate of drug-likeness (QED) is 0.520. The number of hydrogen-bond acceptors (Lipinski definition) is 1. The number of ether oxygens (including phenoxy) is 1. The van der Waals surface area contributed by atoms with Crippen LogP contribution in [0.2, 0.25) is 0 Å². The monoisotopic (exact) mass is 180 g/mol. The minimum atomic E-state index is -0.794. The highest BCUT2D eigenvalue weighted by Gasteiger charge is 2.22. The van der Waals surface area contributed by atoms with Crippen LogP contribution in [0.15, 0.2) is 0 Å². The molecule has 66 valence electrons. The van der Waals surface area contributed by atoms with Crippen molar-refractivity contribution in [3.8, 4) is 0 Å². The van der Waals surface area contributed by atoms with E-state index in [9.17, 15) is 4.39 Å². The highest BCUT2D eigenvalue weighted by molar-refractivity contribution is 6.20. The molecule has 1 aliphatic rings. The summed E-state index contributed by atoms with van der Waals surface area (Å²) < 4.78 is 18.3. The topological polar surface area (TPSA) is 9.23 Å². The first-order valence-electron chi connectivity index (χ1n) is 4.06. The van der Waals surface area contributed by atoms with Gasteiger partial charge in [0.1, 0.15) is 6.17 Å². The predicted molar refractivity (Wildman–Crippen MR) is 43.8 cm³/mol. The number of alkyl halides is 2. The Bertz CT molecular complexity index is 121. The third-order valence-corrected chi connectivity index (χ3v) is 2.45. The number of hydrogen-bond donors (Lipinski definition) is 0. The van der Waals surface area contributed by atoms with Crippen molar-refractivity contribution in [2.45, 2.75) is 31.3 Å². The van der Waals surface area contributed by atoms with E-state index < -0.39 is 6.17 Å². The van der Waals surface area contributed by atoms with Gasteiger partial charge in [-0.15, -0.1) is 11.6 Å². The zero-order chi connectivity index (χ0) is 8.27. The Balaban J connectivity index is 2.38. The van der Waals surface area contributed by atoms with Gasteiger partial charge in [0.05, 0.1) is 6.61 Å². The highest BCUT2D eigenvalue weighted by atomic mass is 35.5. The number of halogens is 2. The lowest BCUT2D eigenvalue weighted by molar-refractivity contribution is 0.0506. The van der Waals surface area contributed by atoms with Gasteiger partial charge in [0, 0.05) is 17.9 Å². The molecule has 0 amide bonds. The maximum Gasteiger partial charge on any atom is 0.106 e. The molecule has 1 nitrogen and oxygen atoms in total. The molecule has 1 saturated heterocycles. The first kappa shape index (κ1) is 9.27. The summed E-state index contributed by atoms with van der Waals surface area (Å²) in [5.41, 5.74) is 0. The fraction of sp³-hybridized carbons (Fsp3) is 1.00. The lowest BCUT2D eigenvalue weighted by atomic mass is 10.0. The molecule has 0 aromatic heterocycles. The van der Waals surface area contributed by atoms with Crippen LogP contribution in [-0.4, -0.2) is 24.8 Å². The third-order valence-electron chi connectivity index (χ3n) is 2.05. The second-order valence-electron chi connectivity index (χ2n) is 3.19. The maximum absolute atomic E-state index is 13.1. The molecule has 1 heterocycles. The molecule has 0 aliphatic carbocycles. The predicted octanol–water partition coefficient (Wildman–Crippen LogP) is 2.38. The Hall–Kier alpha value is 0.180. The van der Waals surface area contributed by atoms with Crippen LogP contribution in [0.25, 0.3) is 0 Å². The van der Waals surface area contributed by atoms with Crippen molar-refractivity contribution in [2.75, 3.05) is 13.2 Å². The summed E-state index contributed by atoms with van der Waals surface area (Å²) in [7, 11) is 0. The van der Waals surface area contributed by atoms with E-state index in [1.54, 1.807) is 0 Å². The fourth-order valence-corrected chi connectivity index (χ4v) is 1.44. The van der Waals surface area contributed by atoms with E-state index in [4.69, 9.17) is 16.3 Å². The van der Waals surface area contributed by atoms with Crippen molar-refractivity contribution < 1.29 is 9.13 Å².